The Morgan fingerprint density at radius 3 is 2.18 bits per heavy atom. The highest BCUT2D eigenvalue weighted by atomic mass is 16.3. The number of piperidine rings is 1. The summed E-state index contributed by atoms with van der Waals surface area (Å²) < 4.78 is 0. The average Bonchev–Trinajstić information content (AvgIpc) is 2.33. The van der Waals surface area contributed by atoms with Crippen LogP contribution in [0.15, 0.2) is 0 Å². The van der Waals surface area contributed by atoms with E-state index in [1.807, 2.05) is 6.92 Å². The van der Waals surface area contributed by atoms with Gasteiger partial charge in [0, 0.05) is 12.1 Å². The van der Waals surface area contributed by atoms with Crippen molar-refractivity contribution in [1.82, 2.24) is 4.90 Å². The molecule has 1 spiro atoms. The Kier molecular flexibility index (Phi) is 4.45. The molecule has 2 unspecified atom stereocenters. The second kappa shape index (κ2) is 5.68. The molecule has 0 aromatic heterocycles. The standard InChI is InChI=1S/C14H28N2O/c1-12(15)13(11-17)16-9-7-14(8-10-16)5-3-2-4-6-14/h12-13,17H,2-11,15H2,1H3. The fourth-order valence-corrected chi connectivity index (χ4v) is 3.75. The SMILES string of the molecule is CC(N)C(CO)N1CCC2(CCCCC2)CC1. The molecule has 1 saturated heterocycles. The van der Waals surface area contributed by atoms with E-state index in [9.17, 15) is 5.11 Å². The second-order valence-corrected chi connectivity index (χ2v) is 6.21. The number of rotatable bonds is 3. The summed E-state index contributed by atoms with van der Waals surface area (Å²) in [5.74, 6) is 0. The normalized spacial score (nSPS) is 29.1. The quantitative estimate of drug-likeness (QED) is 0.790. The molecule has 3 heteroatoms. The lowest BCUT2D eigenvalue weighted by Crippen LogP contribution is -2.53. The number of aliphatic hydroxyl groups excluding tert-OH is 1. The smallest absolute Gasteiger partial charge is 0.0601 e. The van der Waals surface area contributed by atoms with Crippen molar-refractivity contribution in [1.29, 1.82) is 0 Å². The summed E-state index contributed by atoms with van der Waals surface area (Å²) in [5.41, 5.74) is 6.59. The number of hydrogen-bond donors (Lipinski definition) is 2. The maximum Gasteiger partial charge on any atom is 0.0601 e. The van der Waals surface area contributed by atoms with E-state index in [-0.39, 0.29) is 18.7 Å². The summed E-state index contributed by atoms with van der Waals surface area (Å²) in [6.07, 6.45) is 9.79. The summed E-state index contributed by atoms with van der Waals surface area (Å²) in [4.78, 5) is 2.41. The van der Waals surface area contributed by atoms with Gasteiger partial charge in [-0.15, -0.1) is 0 Å². The monoisotopic (exact) mass is 240 g/mol. The van der Waals surface area contributed by atoms with Crippen LogP contribution in [0.5, 0.6) is 0 Å². The fraction of sp³-hybridized carbons (Fsp3) is 1.00. The van der Waals surface area contributed by atoms with E-state index in [4.69, 9.17) is 5.73 Å². The van der Waals surface area contributed by atoms with Gasteiger partial charge in [-0.05, 0) is 51.1 Å². The highest BCUT2D eigenvalue weighted by Crippen LogP contribution is 2.44. The summed E-state index contributed by atoms with van der Waals surface area (Å²) in [6.45, 7) is 4.47. The van der Waals surface area contributed by atoms with Crippen molar-refractivity contribution < 1.29 is 5.11 Å². The van der Waals surface area contributed by atoms with Gasteiger partial charge in [0.2, 0.25) is 0 Å². The van der Waals surface area contributed by atoms with Crippen molar-refractivity contribution >= 4 is 0 Å². The van der Waals surface area contributed by atoms with Crippen molar-refractivity contribution in [2.75, 3.05) is 19.7 Å². The number of aliphatic hydroxyl groups is 1. The van der Waals surface area contributed by atoms with Crippen LogP contribution in [0.2, 0.25) is 0 Å². The van der Waals surface area contributed by atoms with Gasteiger partial charge in [0.25, 0.3) is 0 Å². The zero-order valence-corrected chi connectivity index (χ0v) is 11.2. The third-order valence-electron chi connectivity index (χ3n) is 5.04. The van der Waals surface area contributed by atoms with E-state index in [0.29, 0.717) is 5.41 Å². The highest BCUT2D eigenvalue weighted by Gasteiger charge is 2.37. The van der Waals surface area contributed by atoms with Gasteiger partial charge in [-0.2, -0.15) is 0 Å². The van der Waals surface area contributed by atoms with Crippen LogP contribution in [-0.4, -0.2) is 41.8 Å². The van der Waals surface area contributed by atoms with Crippen LogP contribution >= 0.6 is 0 Å². The largest absolute Gasteiger partial charge is 0.395 e. The number of hydrogen-bond acceptors (Lipinski definition) is 3. The van der Waals surface area contributed by atoms with Crippen LogP contribution in [0.25, 0.3) is 0 Å². The Labute approximate surface area is 105 Å². The lowest BCUT2D eigenvalue weighted by molar-refractivity contribution is 0.0218. The summed E-state index contributed by atoms with van der Waals surface area (Å²) >= 11 is 0. The number of nitrogens with two attached hydrogens (primary N) is 1. The topological polar surface area (TPSA) is 49.5 Å². The molecule has 1 saturated carbocycles. The van der Waals surface area contributed by atoms with Crippen molar-refractivity contribution in [3.63, 3.8) is 0 Å². The third-order valence-corrected chi connectivity index (χ3v) is 5.04. The Morgan fingerprint density at radius 1 is 1.12 bits per heavy atom. The Balaban J connectivity index is 1.88. The minimum Gasteiger partial charge on any atom is -0.395 e. The number of nitrogens with zero attached hydrogens (tertiary/aromatic N) is 1. The second-order valence-electron chi connectivity index (χ2n) is 6.21. The maximum absolute atomic E-state index is 9.43. The highest BCUT2D eigenvalue weighted by molar-refractivity contribution is 4.91. The number of likely N-dealkylation sites (tertiary alicyclic amines) is 1. The van der Waals surface area contributed by atoms with Crippen molar-refractivity contribution in [3.8, 4) is 0 Å². The first-order chi connectivity index (χ1) is 8.17. The molecule has 0 amide bonds. The van der Waals surface area contributed by atoms with Crippen molar-refractivity contribution in [2.24, 2.45) is 11.1 Å². The molecular formula is C14H28N2O. The molecule has 17 heavy (non-hydrogen) atoms. The molecule has 2 atom stereocenters. The van der Waals surface area contributed by atoms with Gasteiger partial charge < -0.3 is 10.8 Å². The average molecular weight is 240 g/mol. The molecule has 1 aliphatic heterocycles. The summed E-state index contributed by atoms with van der Waals surface area (Å²) in [6, 6.07) is 0.233. The molecule has 0 aromatic rings. The van der Waals surface area contributed by atoms with E-state index < -0.39 is 0 Å². The van der Waals surface area contributed by atoms with Crippen LogP contribution in [0.4, 0.5) is 0 Å². The zero-order valence-electron chi connectivity index (χ0n) is 11.2. The van der Waals surface area contributed by atoms with Gasteiger partial charge in [0.15, 0.2) is 0 Å². The molecule has 0 aromatic carbocycles. The Morgan fingerprint density at radius 2 is 1.71 bits per heavy atom. The minimum atomic E-state index is 0.0698. The van der Waals surface area contributed by atoms with Gasteiger partial charge in [0.1, 0.15) is 0 Å². The van der Waals surface area contributed by atoms with Crippen molar-refractivity contribution in [2.45, 2.75) is 64.0 Å². The molecule has 1 aliphatic carbocycles. The van der Waals surface area contributed by atoms with Crippen LogP contribution in [0.3, 0.4) is 0 Å². The molecule has 1 heterocycles. The van der Waals surface area contributed by atoms with Gasteiger partial charge in [-0.3, -0.25) is 4.90 Å². The summed E-state index contributed by atoms with van der Waals surface area (Å²) in [7, 11) is 0. The van der Waals surface area contributed by atoms with Crippen LogP contribution in [0, 0.1) is 5.41 Å². The first-order valence-electron chi connectivity index (χ1n) is 7.27. The molecule has 0 radical (unpaired) electrons. The molecular weight excluding hydrogens is 212 g/mol. The maximum atomic E-state index is 9.43. The molecule has 2 aliphatic rings. The first-order valence-corrected chi connectivity index (χ1v) is 7.27. The summed E-state index contributed by atoms with van der Waals surface area (Å²) in [5, 5.41) is 9.43. The lowest BCUT2D eigenvalue weighted by atomic mass is 9.68. The van der Waals surface area contributed by atoms with E-state index in [2.05, 4.69) is 4.90 Å². The molecule has 100 valence electrons. The molecule has 2 fully saturated rings. The fourth-order valence-electron chi connectivity index (χ4n) is 3.75. The van der Waals surface area contributed by atoms with Crippen LogP contribution < -0.4 is 5.73 Å². The van der Waals surface area contributed by atoms with Gasteiger partial charge in [-0.1, -0.05) is 19.3 Å². The molecule has 3 N–H and O–H groups in total. The first kappa shape index (κ1) is 13.3. The van der Waals surface area contributed by atoms with E-state index >= 15 is 0 Å². The van der Waals surface area contributed by atoms with Gasteiger partial charge in [-0.25, -0.2) is 0 Å². The Hall–Kier alpha value is -0.120. The lowest BCUT2D eigenvalue weighted by Gasteiger charge is -2.46. The van der Waals surface area contributed by atoms with Gasteiger partial charge in [0.05, 0.1) is 6.61 Å². The Bertz CT molecular complexity index is 226. The van der Waals surface area contributed by atoms with Crippen LogP contribution in [0.1, 0.15) is 51.9 Å². The molecule has 3 nitrogen and oxygen atoms in total. The predicted octanol–water partition coefficient (Wildman–Crippen LogP) is 1.74. The van der Waals surface area contributed by atoms with Crippen molar-refractivity contribution in [3.05, 3.63) is 0 Å². The van der Waals surface area contributed by atoms with Gasteiger partial charge >= 0.3 is 0 Å². The van der Waals surface area contributed by atoms with E-state index in [0.717, 1.165) is 13.1 Å². The minimum absolute atomic E-state index is 0.0698. The van der Waals surface area contributed by atoms with E-state index in [1.165, 1.54) is 44.9 Å². The predicted molar refractivity (Wildman–Crippen MR) is 70.8 cm³/mol. The van der Waals surface area contributed by atoms with Crippen LogP contribution in [-0.2, 0) is 0 Å². The van der Waals surface area contributed by atoms with E-state index in [1.54, 1.807) is 0 Å². The zero-order chi connectivity index (χ0) is 12.3. The third kappa shape index (κ3) is 3.01. The molecule has 0 bridgehead atoms. The molecule has 2 rings (SSSR count).